The second-order valence-corrected chi connectivity index (χ2v) is 4.38. The van der Waals surface area contributed by atoms with Crippen molar-refractivity contribution in [1.29, 1.82) is 0 Å². The molecule has 0 aliphatic carbocycles. The van der Waals surface area contributed by atoms with Crippen LogP contribution < -0.4 is 5.32 Å². The molecular weight excluding hydrogens is 172 g/mol. The number of nitrogens with zero attached hydrogens (tertiary/aromatic N) is 1. The molecule has 14 heavy (non-hydrogen) atoms. The smallest absolute Gasteiger partial charge is 0.00248 e. The van der Waals surface area contributed by atoms with Gasteiger partial charge in [-0.3, -0.25) is 0 Å². The number of hydrogen-bond donors (Lipinski definition) is 1. The highest BCUT2D eigenvalue weighted by Gasteiger charge is 1.92. The van der Waals surface area contributed by atoms with Gasteiger partial charge in [-0.25, -0.2) is 0 Å². The normalized spacial score (nSPS) is 11.1. The van der Waals surface area contributed by atoms with Crippen LogP contribution in [0, 0.1) is 0 Å². The van der Waals surface area contributed by atoms with Crippen LogP contribution in [0.4, 0.5) is 0 Å². The highest BCUT2D eigenvalue weighted by molar-refractivity contribution is 4.49. The summed E-state index contributed by atoms with van der Waals surface area (Å²) in [6, 6.07) is 0. The van der Waals surface area contributed by atoms with Crippen LogP contribution >= 0.6 is 0 Å². The van der Waals surface area contributed by atoms with E-state index in [-0.39, 0.29) is 0 Å². The van der Waals surface area contributed by atoms with Crippen LogP contribution in [0.3, 0.4) is 0 Å². The summed E-state index contributed by atoms with van der Waals surface area (Å²) in [7, 11) is 6.33. The van der Waals surface area contributed by atoms with E-state index in [0.29, 0.717) is 0 Å². The van der Waals surface area contributed by atoms with Gasteiger partial charge in [-0.2, -0.15) is 0 Å². The second kappa shape index (κ2) is 11.0. The first kappa shape index (κ1) is 13.9. The Morgan fingerprint density at radius 3 is 1.79 bits per heavy atom. The summed E-state index contributed by atoms with van der Waals surface area (Å²) >= 11 is 0. The third kappa shape index (κ3) is 11.9. The van der Waals surface area contributed by atoms with E-state index in [1.807, 2.05) is 7.05 Å². The molecule has 0 aromatic carbocycles. The number of nitrogens with one attached hydrogen (secondary N) is 1. The van der Waals surface area contributed by atoms with Crippen LogP contribution in [-0.2, 0) is 0 Å². The van der Waals surface area contributed by atoms with Gasteiger partial charge in [-0.1, -0.05) is 32.1 Å². The minimum Gasteiger partial charge on any atom is -0.320 e. The van der Waals surface area contributed by atoms with Crippen molar-refractivity contribution in [2.45, 2.75) is 44.9 Å². The Labute approximate surface area is 90.1 Å². The van der Waals surface area contributed by atoms with Crippen LogP contribution in [0.5, 0.6) is 0 Å². The third-order valence-corrected chi connectivity index (χ3v) is 2.53. The fourth-order valence-electron chi connectivity index (χ4n) is 1.61. The van der Waals surface area contributed by atoms with Crippen LogP contribution in [0.2, 0.25) is 0 Å². The maximum Gasteiger partial charge on any atom is -0.00248 e. The summed E-state index contributed by atoms with van der Waals surface area (Å²) in [4.78, 5) is 2.27. The minimum atomic E-state index is 1.18. The van der Waals surface area contributed by atoms with E-state index in [1.165, 1.54) is 58.0 Å². The van der Waals surface area contributed by atoms with Crippen molar-refractivity contribution in [3.05, 3.63) is 0 Å². The van der Waals surface area contributed by atoms with E-state index in [0.717, 1.165) is 0 Å². The van der Waals surface area contributed by atoms with E-state index in [9.17, 15) is 0 Å². The molecule has 86 valence electrons. The van der Waals surface area contributed by atoms with E-state index in [2.05, 4.69) is 24.3 Å². The lowest BCUT2D eigenvalue weighted by Gasteiger charge is -2.08. The van der Waals surface area contributed by atoms with Crippen LogP contribution in [0.15, 0.2) is 0 Å². The molecule has 0 rings (SSSR count). The average Bonchev–Trinajstić information content (AvgIpc) is 2.15. The third-order valence-electron chi connectivity index (χ3n) is 2.53. The van der Waals surface area contributed by atoms with Crippen molar-refractivity contribution >= 4 is 0 Å². The van der Waals surface area contributed by atoms with E-state index < -0.39 is 0 Å². The van der Waals surface area contributed by atoms with E-state index in [4.69, 9.17) is 0 Å². The first-order valence-corrected chi connectivity index (χ1v) is 6.06. The molecule has 0 aliphatic heterocycles. The number of rotatable bonds is 10. The molecule has 0 unspecified atom stereocenters. The lowest BCUT2D eigenvalue weighted by molar-refractivity contribution is 0.389. The quantitative estimate of drug-likeness (QED) is 0.545. The Kier molecular flexibility index (Phi) is 10.9. The lowest BCUT2D eigenvalue weighted by Crippen LogP contribution is -2.12. The fraction of sp³-hybridized carbons (Fsp3) is 1.00. The molecule has 0 aromatic heterocycles. The molecule has 2 heteroatoms. The lowest BCUT2D eigenvalue weighted by atomic mass is 10.1. The Morgan fingerprint density at radius 2 is 1.29 bits per heavy atom. The predicted molar refractivity (Wildman–Crippen MR) is 64.8 cm³/mol. The highest BCUT2D eigenvalue weighted by atomic mass is 15.0. The van der Waals surface area contributed by atoms with Crippen molar-refractivity contribution in [3.63, 3.8) is 0 Å². The average molecular weight is 200 g/mol. The maximum atomic E-state index is 3.19. The minimum absolute atomic E-state index is 1.18. The summed E-state index contributed by atoms with van der Waals surface area (Å²) in [6.07, 6.45) is 9.78. The summed E-state index contributed by atoms with van der Waals surface area (Å²) in [6.45, 7) is 2.43. The first-order valence-electron chi connectivity index (χ1n) is 6.06. The van der Waals surface area contributed by atoms with Gasteiger partial charge in [0, 0.05) is 0 Å². The summed E-state index contributed by atoms with van der Waals surface area (Å²) in [5.74, 6) is 0. The Morgan fingerprint density at radius 1 is 0.786 bits per heavy atom. The number of hydrogen-bond acceptors (Lipinski definition) is 2. The molecule has 0 saturated heterocycles. The Balaban J connectivity index is 2.85. The molecule has 0 atom stereocenters. The second-order valence-electron chi connectivity index (χ2n) is 4.38. The molecule has 1 N–H and O–H groups in total. The molecule has 0 radical (unpaired) electrons. The zero-order valence-corrected chi connectivity index (χ0v) is 10.3. The molecule has 0 bridgehead atoms. The SMILES string of the molecule is CNCCCCCCCCCN(C)C. The van der Waals surface area contributed by atoms with Crippen molar-refractivity contribution in [1.82, 2.24) is 10.2 Å². The molecule has 0 aliphatic rings. The molecule has 0 amide bonds. The predicted octanol–water partition coefficient (Wildman–Crippen LogP) is 2.50. The van der Waals surface area contributed by atoms with E-state index >= 15 is 0 Å². The topological polar surface area (TPSA) is 15.3 Å². The summed E-state index contributed by atoms with van der Waals surface area (Å²) < 4.78 is 0. The van der Waals surface area contributed by atoms with Gasteiger partial charge in [0.25, 0.3) is 0 Å². The zero-order chi connectivity index (χ0) is 10.6. The number of unbranched alkanes of at least 4 members (excludes halogenated alkanes) is 6. The van der Waals surface area contributed by atoms with Gasteiger partial charge in [-0.15, -0.1) is 0 Å². The Hall–Kier alpha value is -0.0800. The fourth-order valence-corrected chi connectivity index (χ4v) is 1.61. The van der Waals surface area contributed by atoms with Gasteiger partial charge in [0.1, 0.15) is 0 Å². The van der Waals surface area contributed by atoms with Crippen LogP contribution in [0.1, 0.15) is 44.9 Å². The molecule has 0 heterocycles. The molecular formula is C12H28N2. The Bertz CT molecular complexity index is 102. The van der Waals surface area contributed by atoms with Gasteiger partial charge in [0.2, 0.25) is 0 Å². The van der Waals surface area contributed by atoms with Gasteiger partial charge < -0.3 is 10.2 Å². The molecule has 0 saturated carbocycles. The highest BCUT2D eigenvalue weighted by Crippen LogP contribution is 2.06. The van der Waals surface area contributed by atoms with Gasteiger partial charge in [-0.05, 0) is 47.1 Å². The zero-order valence-electron chi connectivity index (χ0n) is 10.3. The molecule has 0 aromatic rings. The maximum absolute atomic E-state index is 3.19. The van der Waals surface area contributed by atoms with Gasteiger partial charge >= 0.3 is 0 Å². The molecule has 2 nitrogen and oxygen atoms in total. The molecule has 0 fully saturated rings. The molecule has 0 spiro atoms. The summed E-state index contributed by atoms with van der Waals surface area (Å²) in [5.41, 5.74) is 0. The van der Waals surface area contributed by atoms with Crippen molar-refractivity contribution in [2.24, 2.45) is 0 Å². The largest absolute Gasteiger partial charge is 0.320 e. The van der Waals surface area contributed by atoms with Crippen molar-refractivity contribution in [3.8, 4) is 0 Å². The monoisotopic (exact) mass is 200 g/mol. The van der Waals surface area contributed by atoms with Crippen LogP contribution in [-0.4, -0.2) is 39.1 Å². The standard InChI is InChI=1S/C12H28N2/c1-13-11-9-7-5-4-6-8-10-12-14(2)3/h13H,4-12H2,1-3H3. The van der Waals surface area contributed by atoms with Gasteiger partial charge in [0.15, 0.2) is 0 Å². The van der Waals surface area contributed by atoms with Crippen molar-refractivity contribution < 1.29 is 0 Å². The van der Waals surface area contributed by atoms with Crippen LogP contribution in [0.25, 0.3) is 0 Å². The summed E-state index contributed by atoms with van der Waals surface area (Å²) in [5, 5.41) is 3.19. The van der Waals surface area contributed by atoms with Gasteiger partial charge in [0.05, 0.1) is 0 Å². The first-order chi connectivity index (χ1) is 6.77. The van der Waals surface area contributed by atoms with Crippen molar-refractivity contribution in [2.75, 3.05) is 34.2 Å². The van der Waals surface area contributed by atoms with E-state index in [1.54, 1.807) is 0 Å².